The fourth-order valence-corrected chi connectivity index (χ4v) is 5.89. The van der Waals surface area contributed by atoms with Crippen molar-refractivity contribution >= 4 is 50.7 Å². The van der Waals surface area contributed by atoms with Gasteiger partial charge in [0.05, 0.1) is 10.6 Å². The van der Waals surface area contributed by atoms with E-state index in [2.05, 4.69) is 5.32 Å². The molecule has 0 aliphatic carbocycles. The van der Waals surface area contributed by atoms with Crippen LogP contribution in [0.5, 0.6) is 0 Å². The van der Waals surface area contributed by atoms with Crippen molar-refractivity contribution in [1.29, 1.82) is 0 Å². The summed E-state index contributed by atoms with van der Waals surface area (Å²) in [6.07, 6.45) is 0.261. The van der Waals surface area contributed by atoms with Gasteiger partial charge in [-0.1, -0.05) is 54.4 Å². The maximum Gasteiger partial charge on any atom is 0.264 e. The first-order valence-electron chi connectivity index (χ1n) is 12.3. The van der Waals surface area contributed by atoms with E-state index in [1.807, 2.05) is 0 Å². The summed E-state index contributed by atoms with van der Waals surface area (Å²) in [5.41, 5.74) is 0.627. The van der Waals surface area contributed by atoms with Crippen molar-refractivity contribution in [2.75, 3.05) is 10.8 Å². The molecule has 0 saturated heterocycles. The van der Waals surface area contributed by atoms with Gasteiger partial charge in [-0.2, -0.15) is 0 Å². The normalized spacial score (nSPS) is 12.2. The van der Waals surface area contributed by atoms with Gasteiger partial charge in [0.1, 0.15) is 18.4 Å². The smallest absolute Gasteiger partial charge is 0.264 e. The van der Waals surface area contributed by atoms with Crippen molar-refractivity contribution in [3.05, 3.63) is 94.2 Å². The summed E-state index contributed by atoms with van der Waals surface area (Å²) < 4.78 is 42.0. The van der Waals surface area contributed by atoms with Gasteiger partial charge < -0.3 is 10.2 Å². The molecule has 0 spiro atoms. The SMILES string of the molecule is CC[C@H](C(=O)NC(C)C)N(Cc1ccc(Cl)cc1Cl)C(=O)CN(c1ccc(F)cc1)S(=O)(=O)c1ccccc1. The molecule has 0 radical (unpaired) electrons. The number of carbonyl (C=O) groups excluding carboxylic acids is 2. The molecule has 208 valence electrons. The Hall–Kier alpha value is -3.14. The summed E-state index contributed by atoms with van der Waals surface area (Å²) in [5, 5.41) is 3.53. The Morgan fingerprint density at radius 3 is 2.18 bits per heavy atom. The molecule has 0 saturated carbocycles. The van der Waals surface area contributed by atoms with E-state index in [1.165, 1.54) is 35.2 Å². The second-order valence-electron chi connectivity index (χ2n) is 9.15. The number of nitrogens with one attached hydrogen (secondary N) is 1. The number of rotatable bonds is 11. The molecule has 0 unspecified atom stereocenters. The van der Waals surface area contributed by atoms with Gasteiger partial charge in [-0.15, -0.1) is 0 Å². The average Bonchev–Trinajstić information content (AvgIpc) is 2.89. The fraction of sp³-hybridized carbons (Fsp3) is 0.286. The van der Waals surface area contributed by atoms with E-state index < -0.39 is 34.3 Å². The van der Waals surface area contributed by atoms with Crippen molar-refractivity contribution in [1.82, 2.24) is 10.2 Å². The lowest BCUT2D eigenvalue weighted by atomic mass is 10.1. The molecule has 1 atom stereocenters. The lowest BCUT2D eigenvalue weighted by Crippen LogP contribution is -2.53. The van der Waals surface area contributed by atoms with Crippen molar-refractivity contribution in [2.45, 2.75) is 50.7 Å². The lowest BCUT2D eigenvalue weighted by Gasteiger charge is -2.33. The van der Waals surface area contributed by atoms with Crippen LogP contribution in [0, 0.1) is 5.82 Å². The standard InChI is InChI=1S/C28H30Cl2FN3O4S/c1-4-26(28(36)32-19(2)3)33(17-20-10-11-21(29)16-25(20)30)27(35)18-34(23-14-12-22(31)13-15-23)39(37,38)24-8-6-5-7-9-24/h5-16,19,26H,4,17-18H2,1-3H3,(H,32,36)/t26-/m1/s1. The van der Waals surface area contributed by atoms with Crippen molar-refractivity contribution in [3.8, 4) is 0 Å². The van der Waals surface area contributed by atoms with Crippen LogP contribution in [0.4, 0.5) is 10.1 Å². The Labute approximate surface area is 238 Å². The second kappa shape index (κ2) is 13.3. The van der Waals surface area contributed by atoms with E-state index >= 15 is 0 Å². The number of halogens is 3. The van der Waals surface area contributed by atoms with Gasteiger partial charge in [-0.05, 0) is 74.4 Å². The summed E-state index contributed by atoms with van der Waals surface area (Å²) >= 11 is 12.4. The van der Waals surface area contributed by atoms with E-state index in [1.54, 1.807) is 51.1 Å². The van der Waals surface area contributed by atoms with E-state index in [-0.39, 0.29) is 35.5 Å². The van der Waals surface area contributed by atoms with Gasteiger partial charge in [-0.25, -0.2) is 12.8 Å². The number of anilines is 1. The highest BCUT2D eigenvalue weighted by Gasteiger charge is 2.34. The zero-order chi connectivity index (χ0) is 28.7. The summed E-state index contributed by atoms with van der Waals surface area (Å²) in [6, 6.07) is 16.1. The maximum atomic E-state index is 13.9. The average molecular weight is 595 g/mol. The Kier molecular flexibility index (Phi) is 10.4. The summed E-state index contributed by atoms with van der Waals surface area (Å²) in [4.78, 5) is 28.3. The highest BCUT2D eigenvalue weighted by molar-refractivity contribution is 7.92. The van der Waals surface area contributed by atoms with Crippen molar-refractivity contribution in [3.63, 3.8) is 0 Å². The maximum absolute atomic E-state index is 13.9. The van der Waals surface area contributed by atoms with E-state index in [4.69, 9.17) is 23.2 Å². The molecule has 2 amide bonds. The number of sulfonamides is 1. The number of amides is 2. The predicted molar refractivity (Wildman–Crippen MR) is 152 cm³/mol. The zero-order valence-corrected chi connectivity index (χ0v) is 24.1. The third-order valence-electron chi connectivity index (χ3n) is 5.90. The van der Waals surface area contributed by atoms with Crippen LogP contribution in [0.15, 0.2) is 77.7 Å². The van der Waals surface area contributed by atoms with Crippen LogP contribution in [0.2, 0.25) is 10.0 Å². The number of nitrogens with zero attached hydrogens (tertiary/aromatic N) is 2. The van der Waals surface area contributed by atoms with E-state index in [0.29, 0.717) is 15.6 Å². The van der Waals surface area contributed by atoms with Crippen LogP contribution in [0.1, 0.15) is 32.8 Å². The first kappa shape index (κ1) is 30.4. The second-order valence-corrected chi connectivity index (χ2v) is 11.9. The predicted octanol–water partition coefficient (Wildman–Crippen LogP) is 5.66. The van der Waals surface area contributed by atoms with Gasteiger partial charge in [0.2, 0.25) is 11.8 Å². The minimum Gasteiger partial charge on any atom is -0.352 e. The van der Waals surface area contributed by atoms with Crippen LogP contribution in [-0.4, -0.2) is 43.8 Å². The molecule has 0 aliphatic rings. The molecule has 11 heteroatoms. The van der Waals surface area contributed by atoms with Crippen molar-refractivity contribution < 1.29 is 22.4 Å². The Morgan fingerprint density at radius 2 is 1.62 bits per heavy atom. The molecular formula is C28H30Cl2FN3O4S. The highest BCUT2D eigenvalue weighted by atomic mass is 35.5. The molecule has 1 N–H and O–H groups in total. The first-order valence-corrected chi connectivity index (χ1v) is 14.5. The molecule has 0 aromatic heterocycles. The van der Waals surface area contributed by atoms with E-state index in [9.17, 15) is 22.4 Å². The van der Waals surface area contributed by atoms with Gasteiger partial charge >= 0.3 is 0 Å². The number of hydrogen-bond donors (Lipinski definition) is 1. The molecule has 0 aliphatic heterocycles. The van der Waals surface area contributed by atoms with Gasteiger partial charge in [0.25, 0.3) is 10.0 Å². The quantitative estimate of drug-likeness (QED) is 0.311. The lowest BCUT2D eigenvalue weighted by molar-refractivity contribution is -0.140. The van der Waals surface area contributed by atoms with Crippen LogP contribution >= 0.6 is 23.2 Å². The summed E-state index contributed by atoms with van der Waals surface area (Å²) in [7, 11) is -4.23. The van der Waals surface area contributed by atoms with Crippen molar-refractivity contribution in [2.24, 2.45) is 0 Å². The molecule has 0 fully saturated rings. The first-order chi connectivity index (χ1) is 18.4. The zero-order valence-electron chi connectivity index (χ0n) is 21.8. The fourth-order valence-electron chi connectivity index (χ4n) is 3.99. The van der Waals surface area contributed by atoms with Crippen LogP contribution in [-0.2, 0) is 26.2 Å². The van der Waals surface area contributed by atoms with Gasteiger partial charge in [-0.3, -0.25) is 13.9 Å². The molecular weight excluding hydrogens is 564 g/mol. The monoisotopic (exact) mass is 593 g/mol. The minimum absolute atomic E-state index is 0.0426. The minimum atomic E-state index is -4.23. The number of carbonyl (C=O) groups is 2. The molecule has 39 heavy (non-hydrogen) atoms. The van der Waals surface area contributed by atoms with Crippen LogP contribution < -0.4 is 9.62 Å². The van der Waals surface area contributed by atoms with Gasteiger partial charge in [0, 0.05) is 22.6 Å². The Bertz CT molecular complexity index is 1400. The molecule has 0 heterocycles. The third-order valence-corrected chi connectivity index (χ3v) is 8.27. The molecule has 3 aromatic rings. The third kappa shape index (κ3) is 7.71. The summed E-state index contributed by atoms with van der Waals surface area (Å²) in [5.74, 6) is -1.58. The molecule has 7 nitrogen and oxygen atoms in total. The van der Waals surface area contributed by atoms with E-state index in [0.717, 1.165) is 16.4 Å². The summed E-state index contributed by atoms with van der Waals surface area (Å²) in [6.45, 7) is 4.65. The van der Waals surface area contributed by atoms with Gasteiger partial charge in [0.15, 0.2) is 0 Å². The topological polar surface area (TPSA) is 86.8 Å². The Balaban J connectivity index is 2.07. The molecule has 3 rings (SSSR count). The highest BCUT2D eigenvalue weighted by Crippen LogP contribution is 2.27. The largest absolute Gasteiger partial charge is 0.352 e. The van der Waals surface area contributed by atoms with Crippen LogP contribution in [0.3, 0.4) is 0 Å². The number of benzene rings is 3. The molecule has 3 aromatic carbocycles. The van der Waals surface area contributed by atoms with Crippen LogP contribution in [0.25, 0.3) is 0 Å². The molecule has 0 bridgehead atoms. The number of hydrogen-bond acceptors (Lipinski definition) is 4. The Morgan fingerprint density at radius 1 is 0.974 bits per heavy atom.